The van der Waals surface area contributed by atoms with Gasteiger partial charge in [0.15, 0.2) is 0 Å². The third kappa shape index (κ3) is 4.69. The van der Waals surface area contributed by atoms with E-state index in [-0.39, 0.29) is 18.2 Å². The van der Waals surface area contributed by atoms with Crippen LogP contribution in [0.25, 0.3) is 0 Å². The highest BCUT2D eigenvalue weighted by Gasteiger charge is 2.36. The van der Waals surface area contributed by atoms with E-state index < -0.39 is 0 Å². The summed E-state index contributed by atoms with van der Waals surface area (Å²) in [6.07, 6.45) is 4.58. The van der Waals surface area contributed by atoms with Crippen molar-refractivity contribution < 1.29 is 14.3 Å². The Morgan fingerprint density at radius 3 is 2.78 bits per heavy atom. The van der Waals surface area contributed by atoms with Crippen LogP contribution in [0.15, 0.2) is 30.3 Å². The van der Waals surface area contributed by atoms with Gasteiger partial charge in [-0.1, -0.05) is 30.3 Å². The Balaban J connectivity index is 1.43. The van der Waals surface area contributed by atoms with E-state index in [1.165, 1.54) is 12.8 Å². The molecule has 0 radical (unpaired) electrons. The summed E-state index contributed by atoms with van der Waals surface area (Å²) in [4.78, 5) is 12.1. The van der Waals surface area contributed by atoms with Crippen molar-refractivity contribution in [1.29, 1.82) is 0 Å². The maximum Gasteiger partial charge on any atom is 0.315 e. The highest BCUT2D eigenvalue weighted by Crippen LogP contribution is 2.38. The van der Waals surface area contributed by atoms with Crippen molar-refractivity contribution in [3.05, 3.63) is 35.9 Å². The first-order valence-electron chi connectivity index (χ1n) is 8.50. The molecule has 126 valence electrons. The lowest BCUT2D eigenvalue weighted by atomic mass is 10.0. The van der Waals surface area contributed by atoms with Crippen LogP contribution in [0.3, 0.4) is 0 Å². The van der Waals surface area contributed by atoms with Crippen molar-refractivity contribution in [2.24, 2.45) is 5.92 Å². The van der Waals surface area contributed by atoms with E-state index in [2.05, 4.69) is 10.6 Å². The zero-order chi connectivity index (χ0) is 16.1. The second kappa shape index (κ2) is 7.79. The molecule has 5 nitrogen and oxygen atoms in total. The zero-order valence-electron chi connectivity index (χ0n) is 13.7. The molecule has 1 aliphatic heterocycles. The predicted molar refractivity (Wildman–Crippen MR) is 88.2 cm³/mol. The van der Waals surface area contributed by atoms with Gasteiger partial charge in [-0.2, -0.15) is 0 Å². The van der Waals surface area contributed by atoms with Crippen LogP contribution in [0.4, 0.5) is 4.79 Å². The van der Waals surface area contributed by atoms with Gasteiger partial charge in [-0.05, 0) is 37.2 Å². The molecule has 1 saturated carbocycles. The lowest BCUT2D eigenvalue weighted by Gasteiger charge is -2.30. The largest absolute Gasteiger partial charge is 0.378 e. The first-order valence-corrected chi connectivity index (χ1v) is 8.50. The fraction of sp³-hybridized carbons (Fsp3) is 0.611. The molecule has 2 amide bonds. The summed E-state index contributed by atoms with van der Waals surface area (Å²) in [6.45, 7) is 1.21. The maximum absolute atomic E-state index is 12.1. The number of rotatable bonds is 6. The second-order valence-corrected chi connectivity index (χ2v) is 6.46. The molecule has 1 aromatic carbocycles. The van der Waals surface area contributed by atoms with E-state index in [0.717, 1.165) is 30.9 Å². The summed E-state index contributed by atoms with van der Waals surface area (Å²) in [5, 5.41) is 6.00. The molecule has 1 saturated heterocycles. The minimum Gasteiger partial charge on any atom is -0.378 e. The minimum absolute atomic E-state index is 0.121. The molecule has 2 aliphatic rings. The van der Waals surface area contributed by atoms with Gasteiger partial charge in [0.2, 0.25) is 0 Å². The van der Waals surface area contributed by atoms with Crippen LogP contribution in [0.5, 0.6) is 0 Å². The molecule has 3 atom stereocenters. The molecule has 23 heavy (non-hydrogen) atoms. The van der Waals surface area contributed by atoms with E-state index in [0.29, 0.717) is 12.6 Å². The van der Waals surface area contributed by atoms with Crippen LogP contribution < -0.4 is 10.6 Å². The van der Waals surface area contributed by atoms with Crippen LogP contribution >= 0.6 is 0 Å². The van der Waals surface area contributed by atoms with Crippen molar-refractivity contribution in [1.82, 2.24) is 10.6 Å². The van der Waals surface area contributed by atoms with Gasteiger partial charge in [0.05, 0.1) is 12.2 Å². The third-order valence-corrected chi connectivity index (χ3v) is 4.70. The summed E-state index contributed by atoms with van der Waals surface area (Å²) in [7, 11) is 1.66. The van der Waals surface area contributed by atoms with Crippen LogP contribution in [-0.2, 0) is 9.47 Å². The first-order chi connectivity index (χ1) is 11.3. The zero-order valence-corrected chi connectivity index (χ0v) is 13.7. The van der Waals surface area contributed by atoms with E-state index in [1.807, 2.05) is 30.3 Å². The standard InChI is InChI=1S/C18H26N2O3/c1-22-17(13-5-3-2-4-6-13)12-19-18(21)20-15-9-10-23-16(11-15)14-7-8-14/h2-6,14-17H,7-12H2,1H3,(H2,19,20,21). The Morgan fingerprint density at radius 1 is 1.30 bits per heavy atom. The summed E-state index contributed by atoms with van der Waals surface area (Å²) < 4.78 is 11.3. The quantitative estimate of drug-likeness (QED) is 0.848. The highest BCUT2D eigenvalue weighted by molar-refractivity contribution is 5.74. The first kappa shape index (κ1) is 16.3. The van der Waals surface area contributed by atoms with Crippen molar-refractivity contribution in [3.63, 3.8) is 0 Å². The van der Waals surface area contributed by atoms with Gasteiger partial charge >= 0.3 is 6.03 Å². The number of nitrogens with one attached hydrogen (secondary N) is 2. The molecule has 0 bridgehead atoms. The molecule has 3 rings (SSSR count). The Bertz CT molecular complexity index is 504. The van der Waals surface area contributed by atoms with E-state index in [4.69, 9.17) is 9.47 Å². The van der Waals surface area contributed by atoms with Gasteiger partial charge < -0.3 is 20.1 Å². The minimum atomic E-state index is -0.129. The van der Waals surface area contributed by atoms with Gasteiger partial charge in [0, 0.05) is 26.3 Å². The van der Waals surface area contributed by atoms with Crippen LogP contribution in [-0.4, -0.2) is 38.4 Å². The second-order valence-electron chi connectivity index (χ2n) is 6.46. The van der Waals surface area contributed by atoms with Gasteiger partial charge in [0.1, 0.15) is 0 Å². The Kier molecular flexibility index (Phi) is 5.51. The van der Waals surface area contributed by atoms with Gasteiger partial charge in [0.25, 0.3) is 0 Å². The monoisotopic (exact) mass is 318 g/mol. The molecule has 0 aromatic heterocycles. The summed E-state index contributed by atoms with van der Waals surface area (Å²) >= 11 is 0. The van der Waals surface area contributed by atoms with E-state index in [9.17, 15) is 4.79 Å². The smallest absolute Gasteiger partial charge is 0.315 e. The molecule has 0 spiro atoms. The topological polar surface area (TPSA) is 59.6 Å². The molecule has 1 aromatic rings. The number of ether oxygens (including phenoxy) is 2. The number of urea groups is 1. The number of amides is 2. The van der Waals surface area contributed by atoms with Crippen molar-refractivity contribution in [2.45, 2.75) is 43.9 Å². The fourth-order valence-electron chi connectivity index (χ4n) is 3.18. The van der Waals surface area contributed by atoms with E-state index >= 15 is 0 Å². The average molecular weight is 318 g/mol. The lowest BCUT2D eigenvalue weighted by Crippen LogP contribution is -2.47. The Labute approximate surface area is 137 Å². The Morgan fingerprint density at radius 2 is 2.09 bits per heavy atom. The number of carbonyl (C=O) groups excluding carboxylic acids is 1. The molecular formula is C18H26N2O3. The van der Waals surface area contributed by atoms with Crippen molar-refractivity contribution in [3.8, 4) is 0 Å². The van der Waals surface area contributed by atoms with Crippen LogP contribution in [0, 0.1) is 5.92 Å². The molecule has 3 unspecified atom stereocenters. The summed E-state index contributed by atoms with van der Waals surface area (Å²) in [5.74, 6) is 0.721. The summed E-state index contributed by atoms with van der Waals surface area (Å²) in [6, 6.07) is 10.0. The van der Waals surface area contributed by atoms with Gasteiger partial charge in [-0.3, -0.25) is 0 Å². The highest BCUT2D eigenvalue weighted by atomic mass is 16.5. The predicted octanol–water partition coefficient (Wildman–Crippen LogP) is 2.63. The maximum atomic E-state index is 12.1. The lowest BCUT2D eigenvalue weighted by molar-refractivity contribution is -0.00921. The summed E-state index contributed by atoms with van der Waals surface area (Å²) in [5.41, 5.74) is 1.06. The molecule has 1 aliphatic carbocycles. The molecule has 2 N–H and O–H groups in total. The molecule has 2 fully saturated rings. The normalized spacial score (nSPS) is 25.6. The molecular weight excluding hydrogens is 292 g/mol. The SMILES string of the molecule is COC(CNC(=O)NC1CCOC(C2CC2)C1)c1ccccc1. The van der Waals surface area contributed by atoms with Crippen molar-refractivity contribution >= 4 is 6.03 Å². The number of hydrogen-bond acceptors (Lipinski definition) is 3. The van der Waals surface area contributed by atoms with Gasteiger partial charge in [-0.15, -0.1) is 0 Å². The number of methoxy groups -OCH3 is 1. The van der Waals surface area contributed by atoms with E-state index in [1.54, 1.807) is 7.11 Å². The number of carbonyl (C=O) groups is 1. The van der Waals surface area contributed by atoms with Gasteiger partial charge in [-0.25, -0.2) is 4.79 Å². The fourth-order valence-corrected chi connectivity index (χ4v) is 3.18. The Hall–Kier alpha value is -1.59. The van der Waals surface area contributed by atoms with Crippen LogP contribution in [0.2, 0.25) is 0 Å². The molecule has 1 heterocycles. The average Bonchev–Trinajstić information content (AvgIpc) is 3.42. The van der Waals surface area contributed by atoms with Crippen molar-refractivity contribution in [2.75, 3.05) is 20.3 Å². The number of benzene rings is 1. The van der Waals surface area contributed by atoms with Crippen LogP contribution in [0.1, 0.15) is 37.4 Å². The molecule has 5 heteroatoms. The third-order valence-electron chi connectivity index (χ3n) is 4.70. The number of hydrogen-bond donors (Lipinski definition) is 2.